The zero-order chi connectivity index (χ0) is 11.6. The van der Waals surface area contributed by atoms with E-state index in [2.05, 4.69) is 11.9 Å². The van der Waals surface area contributed by atoms with E-state index in [9.17, 15) is 0 Å². The maximum absolute atomic E-state index is 8.64. The number of rotatable bonds is 8. The van der Waals surface area contributed by atoms with Crippen molar-refractivity contribution in [3.8, 4) is 5.75 Å². The first-order valence-corrected chi connectivity index (χ1v) is 5.51. The quantitative estimate of drug-likeness (QED) is 0.519. The van der Waals surface area contributed by atoms with E-state index in [4.69, 9.17) is 9.84 Å². The molecular weight excluding hydrogens is 202 g/mol. The maximum Gasteiger partial charge on any atom is 0.120 e. The second-order valence-corrected chi connectivity index (χ2v) is 3.50. The molecular formula is C13H19NO2. The van der Waals surface area contributed by atoms with Crippen molar-refractivity contribution < 1.29 is 9.84 Å². The van der Waals surface area contributed by atoms with E-state index in [1.807, 2.05) is 24.3 Å². The average molecular weight is 221 g/mol. The van der Waals surface area contributed by atoms with Crippen molar-refractivity contribution in [2.45, 2.75) is 13.0 Å². The van der Waals surface area contributed by atoms with Crippen molar-refractivity contribution in [1.82, 2.24) is 5.32 Å². The maximum atomic E-state index is 8.64. The van der Waals surface area contributed by atoms with Gasteiger partial charge >= 0.3 is 0 Å². The molecule has 0 unspecified atom stereocenters. The van der Waals surface area contributed by atoms with Gasteiger partial charge in [0.15, 0.2) is 0 Å². The molecule has 0 aliphatic heterocycles. The Bertz CT molecular complexity index is 313. The van der Waals surface area contributed by atoms with Crippen molar-refractivity contribution in [2.24, 2.45) is 0 Å². The molecule has 3 nitrogen and oxygen atoms in total. The van der Waals surface area contributed by atoms with Crippen LogP contribution >= 0.6 is 0 Å². The third-order valence-corrected chi connectivity index (χ3v) is 2.11. The molecule has 0 aliphatic rings. The first-order chi connectivity index (χ1) is 7.86. The fourth-order valence-corrected chi connectivity index (χ4v) is 1.34. The molecule has 0 amide bonds. The Labute approximate surface area is 96.8 Å². The zero-order valence-corrected chi connectivity index (χ0v) is 9.48. The number of aliphatic hydroxyl groups excluding tert-OH is 1. The molecule has 0 saturated carbocycles. The molecule has 88 valence electrons. The van der Waals surface area contributed by atoms with Crippen molar-refractivity contribution in [3.63, 3.8) is 0 Å². The van der Waals surface area contributed by atoms with Gasteiger partial charge in [-0.15, -0.1) is 0 Å². The lowest BCUT2D eigenvalue weighted by Crippen LogP contribution is -2.15. The molecule has 0 aliphatic carbocycles. The lowest BCUT2D eigenvalue weighted by Gasteiger charge is -2.07. The number of aliphatic hydroxyl groups is 1. The molecule has 0 fully saturated rings. The molecule has 0 atom stereocenters. The molecule has 3 heteroatoms. The van der Waals surface area contributed by atoms with Crippen LogP contribution in [0.1, 0.15) is 12.0 Å². The first-order valence-electron chi connectivity index (χ1n) is 5.51. The van der Waals surface area contributed by atoms with Gasteiger partial charge in [-0.05, 0) is 30.7 Å². The summed E-state index contributed by atoms with van der Waals surface area (Å²) in [6.07, 6.45) is 2.51. The Balaban J connectivity index is 2.37. The van der Waals surface area contributed by atoms with Gasteiger partial charge in [-0.25, -0.2) is 0 Å². The summed E-state index contributed by atoms with van der Waals surface area (Å²) in [5.41, 5.74) is 1.18. The predicted molar refractivity (Wildman–Crippen MR) is 65.5 cm³/mol. The van der Waals surface area contributed by atoms with E-state index in [0.29, 0.717) is 6.61 Å². The third kappa shape index (κ3) is 4.96. The predicted octanol–water partition coefficient (Wildman–Crippen LogP) is 1.72. The van der Waals surface area contributed by atoms with E-state index in [0.717, 1.165) is 25.3 Å². The number of hydrogen-bond donors (Lipinski definition) is 2. The lowest BCUT2D eigenvalue weighted by molar-refractivity contribution is 0.286. The minimum Gasteiger partial charge on any atom is -0.490 e. The topological polar surface area (TPSA) is 41.5 Å². The van der Waals surface area contributed by atoms with Gasteiger partial charge < -0.3 is 15.2 Å². The number of benzene rings is 1. The van der Waals surface area contributed by atoms with Crippen LogP contribution in [0.4, 0.5) is 0 Å². The first kappa shape index (κ1) is 12.7. The van der Waals surface area contributed by atoms with Crippen molar-refractivity contribution in [3.05, 3.63) is 42.5 Å². The molecule has 0 bridgehead atoms. The van der Waals surface area contributed by atoms with Crippen LogP contribution < -0.4 is 10.1 Å². The van der Waals surface area contributed by atoms with E-state index in [1.165, 1.54) is 5.56 Å². The Morgan fingerprint density at radius 2 is 2.31 bits per heavy atom. The highest BCUT2D eigenvalue weighted by molar-refractivity contribution is 5.28. The molecule has 2 N–H and O–H groups in total. The van der Waals surface area contributed by atoms with Crippen LogP contribution in [-0.4, -0.2) is 24.9 Å². The number of nitrogens with one attached hydrogen (secondary N) is 1. The third-order valence-electron chi connectivity index (χ3n) is 2.11. The van der Waals surface area contributed by atoms with Crippen LogP contribution in [0.25, 0.3) is 0 Å². The average Bonchev–Trinajstić information content (AvgIpc) is 2.33. The normalized spacial score (nSPS) is 10.1. The molecule has 0 spiro atoms. The summed E-state index contributed by atoms with van der Waals surface area (Å²) in [6, 6.07) is 7.96. The van der Waals surface area contributed by atoms with Crippen LogP contribution in [0.5, 0.6) is 5.75 Å². The van der Waals surface area contributed by atoms with Gasteiger partial charge in [0, 0.05) is 13.2 Å². The summed E-state index contributed by atoms with van der Waals surface area (Å²) in [6.45, 7) is 5.99. The molecule has 16 heavy (non-hydrogen) atoms. The van der Waals surface area contributed by atoms with Gasteiger partial charge in [0.05, 0.1) is 0 Å². The fourth-order valence-electron chi connectivity index (χ4n) is 1.34. The van der Waals surface area contributed by atoms with Gasteiger partial charge in [-0.1, -0.05) is 24.8 Å². The summed E-state index contributed by atoms with van der Waals surface area (Å²) in [5, 5.41) is 11.9. The van der Waals surface area contributed by atoms with E-state index < -0.39 is 0 Å². The van der Waals surface area contributed by atoms with Crippen LogP contribution in [0, 0.1) is 0 Å². The van der Waals surface area contributed by atoms with Gasteiger partial charge in [0.2, 0.25) is 0 Å². The largest absolute Gasteiger partial charge is 0.490 e. The highest BCUT2D eigenvalue weighted by Crippen LogP contribution is 2.13. The van der Waals surface area contributed by atoms with Crippen LogP contribution in [0.2, 0.25) is 0 Å². The van der Waals surface area contributed by atoms with Crippen molar-refractivity contribution in [1.29, 1.82) is 0 Å². The smallest absolute Gasteiger partial charge is 0.120 e. The Hall–Kier alpha value is -1.32. The number of hydrogen-bond acceptors (Lipinski definition) is 3. The highest BCUT2D eigenvalue weighted by Gasteiger charge is 1.96. The van der Waals surface area contributed by atoms with Gasteiger partial charge in [0.25, 0.3) is 0 Å². The summed E-state index contributed by atoms with van der Waals surface area (Å²) in [5.74, 6) is 0.862. The minimum atomic E-state index is 0.232. The van der Waals surface area contributed by atoms with Gasteiger partial charge in [-0.2, -0.15) is 0 Å². The SMILES string of the molecule is C=CCOc1cccc(CNCCCO)c1. The molecule has 0 radical (unpaired) electrons. The molecule has 0 aromatic heterocycles. The standard InChI is InChI=1S/C13H19NO2/c1-2-9-16-13-6-3-5-12(10-13)11-14-7-4-8-15/h2-3,5-6,10,14-15H,1,4,7-9,11H2. The van der Waals surface area contributed by atoms with E-state index >= 15 is 0 Å². The zero-order valence-electron chi connectivity index (χ0n) is 9.48. The molecule has 1 rings (SSSR count). The molecule has 1 aromatic carbocycles. The summed E-state index contributed by atoms with van der Waals surface area (Å²) >= 11 is 0. The van der Waals surface area contributed by atoms with E-state index in [-0.39, 0.29) is 6.61 Å². The van der Waals surface area contributed by atoms with Crippen LogP contribution in [0.15, 0.2) is 36.9 Å². The highest BCUT2D eigenvalue weighted by atomic mass is 16.5. The molecule has 0 heterocycles. The lowest BCUT2D eigenvalue weighted by atomic mass is 10.2. The Kier molecular flexibility index (Phi) is 6.30. The molecule has 1 aromatic rings. The van der Waals surface area contributed by atoms with Gasteiger partial charge in [-0.3, -0.25) is 0 Å². The second kappa shape index (κ2) is 7.91. The summed E-state index contributed by atoms with van der Waals surface area (Å²) < 4.78 is 5.44. The summed E-state index contributed by atoms with van der Waals surface area (Å²) in [4.78, 5) is 0. The van der Waals surface area contributed by atoms with Gasteiger partial charge in [0.1, 0.15) is 12.4 Å². The van der Waals surface area contributed by atoms with Crippen molar-refractivity contribution in [2.75, 3.05) is 19.8 Å². The van der Waals surface area contributed by atoms with E-state index in [1.54, 1.807) is 6.08 Å². The Morgan fingerprint density at radius 3 is 3.06 bits per heavy atom. The number of ether oxygens (including phenoxy) is 1. The minimum absolute atomic E-state index is 0.232. The fraction of sp³-hybridized carbons (Fsp3) is 0.385. The van der Waals surface area contributed by atoms with Crippen LogP contribution in [-0.2, 0) is 6.54 Å². The molecule has 0 saturated heterocycles. The Morgan fingerprint density at radius 1 is 1.44 bits per heavy atom. The summed E-state index contributed by atoms with van der Waals surface area (Å²) in [7, 11) is 0. The second-order valence-electron chi connectivity index (χ2n) is 3.50. The van der Waals surface area contributed by atoms with Crippen molar-refractivity contribution >= 4 is 0 Å². The van der Waals surface area contributed by atoms with Crippen LogP contribution in [0.3, 0.4) is 0 Å². The monoisotopic (exact) mass is 221 g/mol.